The van der Waals surface area contributed by atoms with E-state index in [4.69, 9.17) is 0 Å². The van der Waals surface area contributed by atoms with Gasteiger partial charge in [-0.3, -0.25) is 0 Å². The minimum Gasteiger partial charge on any atom is -0.0880 e. The molecule has 0 nitrogen and oxygen atoms in total. The zero-order chi connectivity index (χ0) is 6.81. The molecule has 2 aliphatic carbocycles. The van der Waals surface area contributed by atoms with E-state index in [1.807, 2.05) is 0 Å². The van der Waals surface area contributed by atoms with Gasteiger partial charge in [-0.15, -0.1) is 0 Å². The molecule has 0 radical (unpaired) electrons. The van der Waals surface area contributed by atoms with E-state index < -0.39 is 0 Å². The molecule has 0 bridgehead atoms. The maximum atomic E-state index is 2.45. The van der Waals surface area contributed by atoms with E-state index in [9.17, 15) is 0 Å². The quantitative estimate of drug-likeness (QED) is 0.449. The van der Waals surface area contributed by atoms with Gasteiger partial charge in [0.1, 0.15) is 0 Å². The minimum atomic E-state index is 0.975. The molecule has 0 saturated heterocycles. The SMILES string of the molecule is C1=C[C@@H]2CCCCC[C@@H]2C1. The highest BCUT2D eigenvalue weighted by molar-refractivity contribution is 5.01. The van der Waals surface area contributed by atoms with Crippen LogP contribution < -0.4 is 0 Å². The van der Waals surface area contributed by atoms with Crippen molar-refractivity contribution in [3.8, 4) is 0 Å². The molecule has 1 saturated carbocycles. The van der Waals surface area contributed by atoms with Crippen molar-refractivity contribution in [1.29, 1.82) is 0 Å². The standard InChI is InChI=1S/C10H16/c1-2-5-9-7-4-8-10(9)6-3-1/h4,7,9-10H,1-3,5-6,8H2/t9-,10+/m0/s1. The Hall–Kier alpha value is -0.260. The zero-order valence-electron chi connectivity index (χ0n) is 6.55. The minimum absolute atomic E-state index is 0.975. The summed E-state index contributed by atoms with van der Waals surface area (Å²) in [6.45, 7) is 0. The average molecular weight is 136 g/mol. The van der Waals surface area contributed by atoms with E-state index in [1.54, 1.807) is 0 Å². The molecule has 0 heterocycles. The fourth-order valence-electron chi connectivity index (χ4n) is 2.39. The van der Waals surface area contributed by atoms with Crippen molar-refractivity contribution in [2.45, 2.75) is 38.5 Å². The monoisotopic (exact) mass is 136 g/mol. The first-order valence-electron chi connectivity index (χ1n) is 4.63. The fourth-order valence-corrected chi connectivity index (χ4v) is 2.39. The molecule has 0 unspecified atom stereocenters. The second-order valence-corrected chi connectivity index (χ2v) is 3.73. The molecule has 56 valence electrons. The van der Waals surface area contributed by atoms with Crippen LogP contribution in [-0.2, 0) is 0 Å². The Labute approximate surface area is 63.3 Å². The third-order valence-corrected chi connectivity index (χ3v) is 3.04. The summed E-state index contributed by atoms with van der Waals surface area (Å²) in [4.78, 5) is 0. The molecule has 2 atom stereocenters. The van der Waals surface area contributed by atoms with Crippen LogP contribution in [0.3, 0.4) is 0 Å². The maximum absolute atomic E-state index is 2.45. The lowest BCUT2D eigenvalue weighted by molar-refractivity contribution is 0.401. The summed E-state index contributed by atoms with van der Waals surface area (Å²) in [6.07, 6.45) is 13.6. The van der Waals surface area contributed by atoms with Crippen LogP contribution in [-0.4, -0.2) is 0 Å². The molecule has 0 aromatic rings. The lowest BCUT2D eigenvalue weighted by Gasteiger charge is -2.14. The van der Waals surface area contributed by atoms with Crippen LogP contribution in [0.1, 0.15) is 38.5 Å². The zero-order valence-corrected chi connectivity index (χ0v) is 6.55. The first kappa shape index (κ1) is 6.45. The van der Waals surface area contributed by atoms with Gasteiger partial charge in [0, 0.05) is 0 Å². The van der Waals surface area contributed by atoms with Crippen molar-refractivity contribution < 1.29 is 0 Å². The third kappa shape index (κ3) is 1.12. The lowest BCUT2D eigenvalue weighted by atomic mass is 9.91. The Balaban J connectivity index is 2.00. The molecular formula is C10H16. The first-order chi connectivity index (χ1) is 4.97. The summed E-state index contributed by atoms with van der Waals surface area (Å²) >= 11 is 0. The Morgan fingerprint density at radius 3 is 2.90 bits per heavy atom. The van der Waals surface area contributed by atoms with E-state index in [0.29, 0.717) is 0 Å². The molecule has 1 fully saturated rings. The Morgan fingerprint density at radius 2 is 1.90 bits per heavy atom. The highest BCUT2D eigenvalue weighted by Crippen LogP contribution is 2.36. The third-order valence-electron chi connectivity index (χ3n) is 3.04. The summed E-state index contributed by atoms with van der Waals surface area (Å²) in [5, 5.41) is 0. The molecule has 0 amide bonds. The van der Waals surface area contributed by atoms with Gasteiger partial charge in [0.05, 0.1) is 0 Å². The number of fused-ring (bicyclic) bond motifs is 1. The second kappa shape index (κ2) is 2.77. The number of hydrogen-bond donors (Lipinski definition) is 0. The second-order valence-electron chi connectivity index (χ2n) is 3.73. The largest absolute Gasteiger partial charge is 0.0880 e. The van der Waals surface area contributed by atoms with Crippen LogP contribution in [0.25, 0.3) is 0 Å². The molecule has 0 N–H and O–H groups in total. The van der Waals surface area contributed by atoms with Crippen molar-refractivity contribution in [1.82, 2.24) is 0 Å². The summed E-state index contributed by atoms with van der Waals surface area (Å²) in [7, 11) is 0. The van der Waals surface area contributed by atoms with Crippen LogP contribution >= 0.6 is 0 Å². The van der Waals surface area contributed by atoms with Gasteiger partial charge in [-0.25, -0.2) is 0 Å². The Bertz CT molecular complexity index is 135. The highest BCUT2D eigenvalue weighted by Gasteiger charge is 2.23. The number of hydrogen-bond acceptors (Lipinski definition) is 0. The molecule has 0 aliphatic heterocycles. The van der Waals surface area contributed by atoms with Crippen molar-refractivity contribution in [2.75, 3.05) is 0 Å². The first-order valence-corrected chi connectivity index (χ1v) is 4.63. The number of allylic oxidation sites excluding steroid dienone is 2. The van der Waals surface area contributed by atoms with E-state index in [-0.39, 0.29) is 0 Å². The maximum Gasteiger partial charge on any atom is -0.0202 e. The van der Waals surface area contributed by atoms with Crippen molar-refractivity contribution in [3.63, 3.8) is 0 Å². The molecule has 2 aliphatic rings. The van der Waals surface area contributed by atoms with E-state index in [0.717, 1.165) is 11.8 Å². The molecule has 2 rings (SSSR count). The summed E-state index contributed by atoms with van der Waals surface area (Å²) in [5.41, 5.74) is 0. The molecule has 10 heavy (non-hydrogen) atoms. The Morgan fingerprint density at radius 1 is 1.00 bits per heavy atom. The van der Waals surface area contributed by atoms with Crippen molar-refractivity contribution in [2.24, 2.45) is 11.8 Å². The van der Waals surface area contributed by atoms with Gasteiger partial charge >= 0.3 is 0 Å². The van der Waals surface area contributed by atoms with E-state index in [1.165, 1.54) is 38.5 Å². The van der Waals surface area contributed by atoms with Crippen LogP contribution in [0.15, 0.2) is 12.2 Å². The molecule has 0 spiro atoms. The van der Waals surface area contributed by atoms with E-state index >= 15 is 0 Å². The summed E-state index contributed by atoms with van der Waals surface area (Å²) in [5.74, 6) is 2.02. The van der Waals surface area contributed by atoms with Gasteiger partial charge in [0.25, 0.3) is 0 Å². The van der Waals surface area contributed by atoms with Gasteiger partial charge in [-0.05, 0) is 31.1 Å². The highest BCUT2D eigenvalue weighted by atomic mass is 14.3. The molecular weight excluding hydrogens is 120 g/mol. The van der Waals surface area contributed by atoms with Gasteiger partial charge in [0.2, 0.25) is 0 Å². The van der Waals surface area contributed by atoms with Gasteiger partial charge in [-0.1, -0.05) is 31.4 Å². The average Bonchev–Trinajstić information content (AvgIpc) is 2.28. The molecule has 0 heteroatoms. The van der Waals surface area contributed by atoms with Gasteiger partial charge in [-0.2, -0.15) is 0 Å². The number of rotatable bonds is 0. The molecule has 0 aromatic heterocycles. The Kier molecular flexibility index (Phi) is 1.79. The van der Waals surface area contributed by atoms with Crippen molar-refractivity contribution >= 4 is 0 Å². The van der Waals surface area contributed by atoms with Crippen LogP contribution in [0.2, 0.25) is 0 Å². The topological polar surface area (TPSA) is 0 Å². The molecule has 0 aromatic carbocycles. The summed E-state index contributed by atoms with van der Waals surface area (Å²) < 4.78 is 0. The van der Waals surface area contributed by atoms with Crippen LogP contribution in [0.5, 0.6) is 0 Å². The normalized spacial score (nSPS) is 39.2. The van der Waals surface area contributed by atoms with Gasteiger partial charge < -0.3 is 0 Å². The predicted octanol–water partition coefficient (Wildman–Crippen LogP) is 3.14. The smallest absolute Gasteiger partial charge is 0.0202 e. The summed E-state index contributed by atoms with van der Waals surface area (Å²) in [6, 6.07) is 0. The van der Waals surface area contributed by atoms with Crippen LogP contribution in [0, 0.1) is 11.8 Å². The predicted molar refractivity (Wildman–Crippen MR) is 43.8 cm³/mol. The van der Waals surface area contributed by atoms with E-state index in [2.05, 4.69) is 12.2 Å². The van der Waals surface area contributed by atoms with Gasteiger partial charge in [0.15, 0.2) is 0 Å². The van der Waals surface area contributed by atoms with Crippen molar-refractivity contribution in [3.05, 3.63) is 12.2 Å². The lowest BCUT2D eigenvalue weighted by Crippen LogP contribution is -2.04. The van der Waals surface area contributed by atoms with Crippen LogP contribution in [0.4, 0.5) is 0 Å². The fraction of sp³-hybridized carbons (Fsp3) is 0.800.